The van der Waals surface area contributed by atoms with E-state index < -0.39 is 40.9 Å². The molecule has 0 aromatic heterocycles. The zero-order valence-corrected chi connectivity index (χ0v) is 23.0. The minimum Gasteiger partial charge on any atom is -0.482 e. The van der Waals surface area contributed by atoms with E-state index in [4.69, 9.17) is 9.47 Å². The lowest BCUT2D eigenvalue weighted by Gasteiger charge is -2.19. The van der Waals surface area contributed by atoms with E-state index in [0.717, 1.165) is 26.2 Å². The molecule has 1 amide bonds. The standard InChI is InChI=1S/C29H25FN2O6S2/c1-32(40(35,36)25-17-11-21(30)12-18-25)22-13-15-23(16-14-22)37-20-29(34)38-19-28(33)31-26-9-5-6-10-27(26)39-24-7-3-2-4-8-24/h2-18H,19-20H2,1H3,(H,31,33). The van der Waals surface area contributed by atoms with E-state index in [0.29, 0.717) is 17.1 Å². The Labute approximate surface area is 235 Å². The number of anilines is 2. The van der Waals surface area contributed by atoms with Crippen LogP contribution in [-0.2, 0) is 24.3 Å². The highest BCUT2D eigenvalue weighted by Gasteiger charge is 2.21. The van der Waals surface area contributed by atoms with E-state index in [2.05, 4.69) is 5.32 Å². The number of benzene rings is 4. The van der Waals surface area contributed by atoms with Gasteiger partial charge >= 0.3 is 5.97 Å². The summed E-state index contributed by atoms with van der Waals surface area (Å²) in [7, 11) is -2.52. The molecule has 0 aliphatic rings. The number of rotatable bonds is 11. The summed E-state index contributed by atoms with van der Waals surface area (Å²) in [5, 5.41) is 2.75. The van der Waals surface area contributed by atoms with Gasteiger partial charge in [-0.25, -0.2) is 17.6 Å². The second kappa shape index (κ2) is 13.1. The first-order valence-electron chi connectivity index (χ1n) is 12.0. The summed E-state index contributed by atoms with van der Waals surface area (Å²) in [4.78, 5) is 26.3. The fourth-order valence-corrected chi connectivity index (χ4v) is 5.56. The zero-order valence-electron chi connectivity index (χ0n) is 21.3. The average Bonchev–Trinajstić information content (AvgIpc) is 2.96. The van der Waals surface area contributed by atoms with Crippen LogP contribution in [-0.4, -0.2) is 40.6 Å². The Kier molecular flexibility index (Phi) is 9.41. The zero-order chi connectivity index (χ0) is 28.5. The maximum absolute atomic E-state index is 13.2. The van der Waals surface area contributed by atoms with Crippen molar-refractivity contribution in [3.63, 3.8) is 0 Å². The SMILES string of the molecule is CN(c1ccc(OCC(=O)OCC(=O)Nc2ccccc2Sc2ccccc2)cc1)S(=O)(=O)c1ccc(F)cc1. The van der Waals surface area contributed by atoms with Crippen LogP contribution >= 0.6 is 11.8 Å². The number of hydrogen-bond donors (Lipinski definition) is 1. The number of carbonyl (C=O) groups excluding carboxylic acids is 2. The molecule has 0 saturated carbocycles. The van der Waals surface area contributed by atoms with Crippen molar-refractivity contribution in [1.82, 2.24) is 0 Å². The number of esters is 1. The van der Waals surface area contributed by atoms with E-state index in [1.54, 1.807) is 12.1 Å². The van der Waals surface area contributed by atoms with Crippen molar-refractivity contribution in [1.29, 1.82) is 0 Å². The summed E-state index contributed by atoms with van der Waals surface area (Å²) in [6, 6.07) is 27.5. The number of halogens is 1. The van der Waals surface area contributed by atoms with Gasteiger partial charge in [0, 0.05) is 16.8 Å². The second-order valence-corrected chi connectivity index (χ2v) is 11.4. The molecule has 0 unspecified atom stereocenters. The van der Waals surface area contributed by atoms with Gasteiger partial charge in [0.05, 0.1) is 16.3 Å². The Morgan fingerprint density at radius 3 is 2.20 bits per heavy atom. The first-order valence-corrected chi connectivity index (χ1v) is 14.2. The molecule has 0 atom stereocenters. The summed E-state index contributed by atoms with van der Waals surface area (Å²) < 4.78 is 50.2. The molecule has 0 heterocycles. The van der Waals surface area contributed by atoms with Gasteiger partial charge in [0.2, 0.25) is 0 Å². The van der Waals surface area contributed by atoms with Gasteiger partial charge in [0.1, 0.15) is 11.6 Å². The monoisotopic (exact) mass is 580 g/mol. The lowest BCUT2D eigenvalue weighted by Crippen LogP contribution is -2.26. The molecule has 206 valence electrons. The molecule has 0 aliphatic carbocycles. The Bertz CT molecular complexity index is 1560. The van der Waals surface area contributed by atoms with Crippen LogP contribution in [0.2, 0.25) is 0 Å². The van der Waals surface area contributed by atoms with Crippen molar-refractivity contribution in [3.8, 4) is 5.75 Å². The fourth-order valence-electron chi connectivity index (χ4n) is 3.45. The summed E-state index contributed by atoms with van der Waals surface area (Å²) >= 11 is 1.50. The van der Waals surface area contributed by atoms with Crippen LogP contribution in [0.4, 0.5) is 15.8 Å². The summed E-state index contributed by atoms with van der Waals surface area (Å²) in [5.41, 5.74) is 0.932. The van der Waals surface area contributed by atoms with Crippen LogP contribution in [0.5, 0.6) is 5.75 Å². The first kappa shape index (κ1) is 28.7. The summed E-state index contributed by atoms with van der Waals surface area (Å²) in [5.74, 6) is -1.48. The number of para-hydroxylation sites is 1. The molecule has 0 aliphatic heterocycles. The van der Waals surface area contributed by atoms with Gasteiger partial charge in [-0.1, -0.05) is 42.1 Å². The Balaban J connectivity index is 1.25. The van der Waals surface area contributed by atoms with Crippen LogP contribution in [0.1, 0.15) is 0 Å². The summed E-state index contributed by atoms with van der Waals surface area (Å²) in [6.07, 6.45) is 0. The number of nitrogens with zero attached hydrogens (tertiary/aromatic N) is 1. The number of amides is 1. The van der Waals surface area contributed by atoms with Gasteiger partial charge in [-0.15, -0.1) is 0 Å². The Morgan fingerprint density at radius 1 is 0.850 bits per heavy atom. The molecule has 8 nitrogen and oxygen atoms in total. The maximum Gasteiger partial charge on any atom is 0.344 e. The highest BCUT2D eigenvalue weighted by molar-refractivity contribution is 7.99. The van der Waals surface area contributed by atoms with Gasteiger partial charge in [-0.3, -0.25) is 9.10 Å². The lowest BCUT2D eigenvalue weighted by atomic mass is 10.3. The molecule has 0 radical (unpaired) electrons. The van der Waals surface area contributed by atoms with Gasteiger partial charge in [-0.2, -0.15) is 0 Å². The third kappa shape index (κ3) is 7.61. The topological polar surface area (TPSA) is 102 Å². The summed E-state index contributed by atoms with van der Waals surface area (Å²) in [6.45, 7) is -0.936. The largest absolute Gasteiger partial charge is 0.482 e. The normalized spacial score (nSPS) is 10.9. The quantitative estimate of drug-likeness (QED) is 0.238. The maximum atomic E-state index is 13.2. The predicted octanol–water partition coefficient (Wildman–Crippen LogP) is 5.36. The molecule has 4 aromatic carbocycles. The highest BCUT2D eigenvalue weighted by atomic mass is 32.2. The molecular formula is C29H25FN2O6S2. The van der Waals surface area contributed by atoms with Crippen molar-refractivity contribution >= 4 is 45.0 Å². The van der Waals surface area contributed by atoms with Crippen molar-refractivity contribution < 1.29 is 31.9 Å². The van der Waals surface area contributed by atoms with Crippen molar-refractivity contribution in [2.24, 2.45) is 0 Å². The Morgan fingerprint density at radius 2 is 1.50 bits per heavy atom. The minimum absolute atomic E-state index is 0.0538. The molecule has 0 bridgehead atoms. The predicted molar refractivity (Wildman–Crippen MR) is 151 cm³/mol. The van der Waals surface area contributed by atoms with E-state index in [-0.39, 0.29) is 4.90 Å². The van der Waals surface area contributed by atoms with Crippen LogP contribution in [0.3, 0.4) is 0 Å². The smallest absolute Gasteiger partial charge is 0.344 e. The van der Waals surface area contributed by atoms with Crippen LogP contribution in [0.15, 0.2) is 118 Å². The van der Waals surface area contributed by atoms with Gasteiger partial charge in [0.15, 0.2) is 13.2 Å². The molecule has 1 N–H and O–H groups in total. The second-order valence-electron chi connectivity index (χ2n) is 8.33. The molecule has 0 fully saturated rings. The number of nitrogens with one attached hydrogen (secondary N) is 1. The lowest BCUT2D eigenvalue weighted by molar-refractivity contribution is -0.149. The van der Waals surface area contributed by atoms with Gasteiger partial charge in [0.25, 0.3) is 15.9 Å². The number of ether oxygens (including phenoxy) is 2. The van der Waals surface area contributed by atoms with Crippen molar-refractivity contribution in [3.05, 3.63) is 109 Å². The van der Waals surface area contributed by atoms with E-state index in [1.165, 1.54) is 55.2 Å². The van der Waals surface area contributed by atoms with Crippen molar-refractivity contribution in [2.75, 3.05) is 29.9 Å². The first-order chi connectivity index (χ1) is 19.2. The molecule has 0 spiro atoms. The fraction of sp³-hybridized carbons (Fsp3) is 0.103. The van der Waals surface area contributed by atoms with Gasteiger partial charge in [-0.05, 0) is 72.8 Å². The van der Waals surface area contributed by atoms with Crippen LogP contribution in [0, 0.1) is 5.82 Å². The molecule has 40 heavy (non-hydrogen) atoms. The molecule has 0 saturated heterocycles. The molecule has 4 aromatic rings. The van der Waals surface area contributed by atoms with E-state index >= 15 is 0 Å². The van der Waals surface area contributed by atoms with E-state index in [9.17, 15) is 22.4 Å². The third-order valence-corrected chi connectivity index (χ3v) is 8.41. The molecule has 4 rings (SSSR count). The van der Waals surface area contributed by atoms with Crippen LogP contribution < -0.4 is 14.4 Å². The van der Waals surface area contributed by atoms with Crippen molar-refractivity contribution in [2.45, 2.75) is 14.7 Å². The minimum atomic E-state index is -3.89. The Hall–Kier alpha value is -4.35. The highest BCUT2D eigenvalue weighted by Crippen LogP contribution is 2.33. The molecule has 11 heteroatoms. The van der Waals surface area contributed by atoms with Gasteiger partial charge < -0.3 is 14.8 Å². The number of hydrogen-bond acceptors (Lipinski definition) is 7. The van der Waals surface area contributed by atoms with Crippen LogP contribution in [0.25, 0.3) is 0 Å². The molecular weight excluding hydrogens is 555 g/mol. The number of sulfonamides is 1. The number of carbonyl (C=O) groups is 2. The van der Waals surface area contributed by atoms with E-state index in [1.807, 2.05) is 42.5 Å². The average molecular weight is 581 g/mol. The third-order valence-electron chi connectivity index (χ3n) is 5.53.